The number of rotatable bonds is 5. The molecule has 0 radical (unpaired) electrons. The minimum atomic E-state index is -4.80. The number of halogens is 6. The van der Waals surface area contributed by atoms with E-state index in [-0.39, 0.29) is 37.6 Å². The topological polar surface area (TPSA) is 55.8 Å². The van der Waals surface area contributed by atoms with Crippen LogP contribution < -0.4 is 4.74 Å². The molecule has 1 amide bonds. The summed E-state index contributed by atoms with van der Waals surface area (Å²) in [5, 5.41) is -0.813. The number of morpholine rings is 1. The summed E-state index contributed by atoms with van der Waals surface area (Å²) in [6.07, 6.45) is -5.51. The molecule has 2 aromatic carbocycles. The minimum Gasteiger partial charge on any atom is -0.491 e. The number of amides is 1. The average Bonchev–Trinajstić information content (AvgIpc) is 2.73. The summed E-state index contributed by atoms with van der Waals surface area (Å²) in [7, 11) is 0. The van der Waals surface area contributed by atoms with Gasteiger partial charge in [-0.25, -0.2) is 8.78 Å². The van der Waals surface area contributed by atoms with Crippen molar-refractivity contribution in [2.45, 2.75) is 19.2 Å². The van der Waals surface area contributed by atoms with Crippen molar-refractivity contribution in [3.8, 4) is 5.75 Å². The van der Waals surface area contributed by atoms with Crippen molar-refractivity contribution in [2.24, 2.45) is 0 Å². The Morgan fingerprint density at radius 3 is 2.53 bits per heavy atom. The van der Waals surface area contributed by atoms with Gasteiger partial charge in [-0.2, -0.15) is 13.2 Å². The van der Waals surface area contributed by atoms with Gasteiger partial charge in [-0.05, 0) is 31.2 Å². The van der Waals surface area contributed by atoms with Gasteiger partial charge in [0.2, 0.25) is 0 Å². The Hall–Kier alpha value is -2.72. The Kier molecular flexibility index (Phi) is 7.04. The van der Waals surface area contributed by atoms with E-state index in [0.29, 0.717) is 12.1 Å². The van der Waals surface area contributed by atoms with Crippen LogP contribution in [0.2, 0.25) is 5.02 Å². The molecule has 5 nitrogen and oxygen atoms in total. The van der Waals surface area contributed by atoms with Gasteiger partial charge in [-0.3, -0.25) is 9.59 Å². The summed E-state index contributed by atoms with van der Waals surface area (Å²) < 4.78 is 78.2. The second kappa shape index (κ2) is 9.41. The van der Waals surface area contributed by atoms with Crippen LogP contribution in [0.4, 0.5) is 22.0 Å². The highest BCUT2D eigenvalue weighted by Crippen LogP contribution is 2.34. The standard InChI is InChI=1S/C21H17ClF5NO4/c1-11(29)15-3-2-13(8-18(15)23)32-10-14-9-28(4-5-31-14)20(30)16-6-12(21(25,26)27)7-17(22)19(16)24/h2-3,6-8,14H,4-5,9-10H2,1H3. The van der Waals surface area contributed by atoms with Crippen molar-refractivity contribution >= 4 is 23.3 Å². The molecular weight excluding hydrogens is 461 g/mol. The van der Waals surface area contributed by atoms with E-state index >= 15 is 0 Å². The smallest absolute Gasteiger partial charge is 0.416 e. The monoisotopic (exact) mass is 477 g/mol. The molecule has 0 spiro atoms. The van der Waals surface area contributed by atoms with Gasteiger partial charge in [0.1, 0.15) is 24.3 Å². The fourth-order valence-electron chi connectivity index (χ4n) is 3.14. The second-order valence-corrected chi connectivity index (χ2v) is 7.48. The van der Waals surface area contributed by atoms with Gasteiger partial charge in [0.25, 0.3) is 5.91 Å². The minimum absolute atomic E-state index is 0.0184. The molecular formula is C21H17ClF5NO4. The molecule has 3 rings (SSSR count). The SMILES string of the molecule is CC(=O)c1ccc(OCC2CN(C(=O)c3cc(C(F)(F)F)cc(Cl)c3F)CCO2)cc1F. The molecule has 0 aliphatic carbocycles. The highest BCUT2D eigenvalue weighted by Gasteiger charge is 2.35. The largest absolute Gasteiger partial charge is 0.491 e. The van der Waals surface area contributed by atoms with E-state index in [1.807, 2.05) is 0 Å². The summed E-state index contributed by atoms with van der Waals surface area (Å²) in [4.78, 5) is 25.1. The lowest BCUT2D eigenvalue weighted by atomic mass is 10.1. The lowest BCUT2D eigenvalue weighted by Gasteiger charge is -2.33. The second-order valence-electron chi connectivity index (χ2n) is 7.07. The maximum atomic E-state index is 14.3. The van der Waals surface area contributed by atoms with E-state index in [0.717, 1.165) is 11.0 Å². The number of benzene rings is 2. The number of carbonyl (C=O) groups is 2. The molecule has 32 heavy (non-hydrogen) atoms. The maximum absolute atomic E-state index is 14.3. The number of carbonyl (C=O) groups excluding carboxylic acids is 2. The first-order valence-corrected chi connectivity index (χ1v) is 9.75. The molecule has 1 fully saturated rings. The first-order chi connectivity index (χ1) is 15.0. The molecule has 172 valence electrons. The molecule has 1 aliphatic heterocycles. The highest BCUT2D eigenvalue weighted by molar-refractivity contribution is 6.31. The number of nitrogens with zero attached hydrogens (tertiary/aromatic N) is 1. The highest BCUT2D eigenvalue weighted by atomic mass is 35.5. The van der Waals surface area contributed by atoms with Gasteiger partial charge in [0.05, 0.1) is 34.9 Å². The van der Waals surface area contributed by atoms with Crippen LogP contribution in [0, 0.1) is 11.6 Å². The van der Waals surface area contributed by atoms with Crippen molar-refractivity contribution in [1.82, 2.24) is 4.90 Å². The lowest BCUT2D eigenvalue weighted by molar-refractivity contribution is -0.137. The summed E-state index contributed by atoms with van der Waals surface area (Å²) in [5.41, 5.74) is -2.13. The van der Waals surface area contributed by atoms with Crippen LogP contribution >= 0.6 is 11.6 Å². The van der Waals surface area contributed by atoms with Crippen LogP contribution in [0.15, 0.2) is 30.3 Å². The zero-order chi connectivity index (χ0) is 23.6. The van der Waals surface area contributed by atoms with E-state index < -0.39 is 51.8 Å². The summed E-state index contributed by atoms with van der Waals surface area (Å²) >= 11 is 5.56. The normalized spacial score (nSPS) is 16.7. The van der Waals surface area contributed by atoms with Gasteiger partial charge in [-0.15, -0.1) is 0 Å². The number of hydrogen-bond donors (Lipinski definition) is 0. The third-order valence-electron chi connectivity index (χ3n) is 4.77. The Morgan fingerprint density at radius 2 is 1.91 bits per heavy atom. The predicted octanol–water partition coefficient (Wildman–Crippen LogP) is 4.76. The predicted molar refractivity (Wildman–Crippen MR) is 104 cm³/mol. The Labute approximate surface area is 184 Å². The van der Waals surface area contributed by atoms with E-state index in [9.17, 15) is 31.5 Å². The number of ketones is 1. The number of hydrogen-bond acceptors (Lipinski definition) is 4. The van der Waals surface area contributed by atoms with Crippen molar-refractivity contribution < 1.29 is 41.0 Å². The maximum Gasteiger partial charge on any atom is 0.416 e. The molecule has 11 heteroatoms. The van der Waals surface area contributed by atoms with Crippen LogP contribution in [0.25, 0.3) is 0 Å². The van der Waals surface area contributed by atoms with Gasteiger partial charge in [0, 0.05) is 12.6 Å². The van der Waals surface area contributed by atoms with Crippen molar-refractivity contribution in [3.63, 3.8) is 0 Å². The third kappa shape index (κ3) is 5.36. The zero-order valence-corrected chi connectivity index (χ0v) is 17.4. The molecule has 0 bridgehead atoms. The van der Waals surface area contributed by atoms with Gasteiger partial charge >= 0.3 is 6.18 Å². The molecule has 1 aliphatic rings. The molecule has 1 unspecified atom stereocenters. The fourth-order valence-corrected chi connectivity index (χ4v) is 3.36. The van der Waals surface area contributed by atoms with E-state index in [1.54, 1.807) is 0 Å². The van der Waals surface area contributed by atoms with E-state index in [2.05, 4.69) is 0 Å². The van der Waals surface area contributed by atoms with E-state index in [1.165, 1.54) is 19.1 Å². The quantitative estimate of drug-likeness (QED) is 0.460. The molecule has 1 heterocycles. The third-order valence-corrected chi connectivity index (χ3v) is 5.04. The van der Waals surface area contributed by atoms with Crippen LogP contribution in [0.3, 0.4) is 0 Å². The van der Waals surface area contributed by atoms with Crippen LogP contribution in [0.5, 0.6) is 5.75 Å². The average molecular weight is 478 g/mol. The molecule has 0 aromatic heterocycles. The van der Waals surface area contributed by atoms with Gasteiger partial charge in [0.15, 0.2) is 11.6 Å². The summed E-state index contributed by atoms with van der Waals surface area (Å²) in [6.45, 7) is 1.06. The number of ether oxygens (including phenoxy) is 2. The van der Waals surface area contributed by atoms with Crippen molar-refractivity contribution in [3.05, 3.63) is 63.7 Å². The van der Waals surface area contributed by atoms with Gasteiger partial charge < -0.3 is 14.4 Å². The number of Topliss-reactive ketones (excluding diaryl/α,β-unsaturated/α-hetero) is 1. The molecule has 2 aromatic rings. The fraction of sp³-hybridized carbons (Fsp3) is 0.333. The van der Waals surface area contributed by atoms with Gasteiger partial charge in [-0.1, -0.05) is 11.6 Å². The van der Waals surface area contributed by atoms with Crippen LogP contribution in [-0.4, -0.2) is 49.0 Å². The summed E-state index contributed by atoms with van der Waals surface area (Å²) in [5.74, 6) is -3.30. The number of alkyl halides is 3. The van der Waals surface area contributed by atoms with Crippen molar-refractivity contribution in [2.75, 3.05) is 26.3 Å². The van der Waals surface area contributed by atoms with E-state index in [4.69, 9.17) is 21.1 Å². The Bertz CT molecular complexity index is 1040. The first-order valence-electron chi connectivity index (χ1n) is 9.37. The van der Waals surface area contributed by atoms with Crippen LogP contribution in [0.1, 0.15) is 33.2 Å². The van der Waals surface area contributed by atoms with Crippen LogP contribution in [-0.2, 0) is 10.9 Å². The molecule has 1 atom stereocenters. The van der Waals surface area contributed by atoms with Crippen molar-refractivity contribution in [1.29, 1.82) is 0 Å². The Balaban J connectivity index is 1.70. The first kappa shape index (κ1) is 23.9. The molecule has 0 saturated carbocycles. The summed E-state index contributed by atoms with van der Waals surface area (Å²) in [6, 6.07) is 4.53. The molecule has 0 N–H and O–H groups in total. The Morgan fingerprint density at radius 1 is 1.19 bits per heavy atom. The molecule has 1 saturated heterocycles. The lowest BCUT2D eigenvalue weighted by Crippen LogP contribution is -2.47. The zero-order valence-electron chi connectivity index (χ0n) is 16.6.